The Kier molecular flexibility index (Phi) is 3.05. The lowest BCUT2D eigenvalue weighted by atomic mass is 10.1. The lowest BCUT2D eigenvalue weighted by molar-refractivity contribution is -0.118. The summed E-state index contributed by atoms with van der Waals surface area (Å²) in [7, 11) is 1.84. The van der Waals surface area contributed by atoms with E-state index in [0.717, 1.165) is 0 Å². The maximum Gasteiger partial charge on any atom is 0.229 e. The van der Waals surface area contributed by atoms with Crippen LogP contribution in [-0.4, -0.2) is 15.7 Å². The molecule has 1 saturated carbocycles. The first kappa shape index (κ1) is 12.9. The van der Waals surface area contributed by atoms with E-state index in [1.54, 1.807) is 4.68 Å². The number of anilines is 1. The highest BCUT2D eigenvalue weighted by Gasteiger charge is 2.60. The largest absolute Gasteiger partial charge is 0.309 e. The van der Waals surface area contributed by atoms with Gasteiger partial charge in [0.05, 0.1) is 5.92 Å². The van der Waals surface area contributed by atoms with Gasteiger partial charge >= 0.3 is 0 Å². The SMILES string of the molecule is CC(C)=C[C@H]1[C@H](C(=O)Nc2ccn(C)n2)C1(C)C. The van der Waals surface area contributed by atoms with E-state index >= 15 is 0 Å². The summed E-state index contributed by atoms with van der Waals surface area (Å²) in [5.74, 6) is 1.09. The predicted molar refractivity (Wildman–Crippen MR) is 72.0 cm³/mol. The molecule has 0 radical (unpaired) electrons. The van der Waals surface area contributed by atoms with Crippen LogP contribution in [0.4, 0.5) is 5.82 Å². The predicted octanol–water partition coefficient (Wildman–Crippen LogP) is 2.60. The highest BCUT2D eigenvalue weighted by Crippen LogP contribution is 2.59. The van der Waals surface area contributed by atoms with Crippen LogP contribution in [0.1, 0.15) is 27.7 Å². The van der Waals surface area contributed by atoms with Crippen molar-refractivity contribution in [1.82, 2.24) is 9.78 Å². The summed E-state index contributed by atoms with van der Waals surface area (Å²) in [5.41, 5.74) is 1.32. The van der Waals surface area contributed by atoms with Crippen LogP contribution < -0.4 is 5.32 Å². The van der Waals surface area contributed by atoms with Gasteiger partial charge in [-0.05, 0) is 25.2 Å². The number of carbonyl (C=O) groups is 1. The molecule has 1 amide bonds. The van der Waals surface area contributed by atoms with Gasteiger partial charge in [-0.2, -0.15) is 5.10 Å². The van der Waals surface area contributed by atoms with Crippen molar-refractivity contribution in [2.75, 3.05) is 5.32 Å². The third-order valence-electron chi connectivity index (χ3n) is 3.67. The van der Waals surface area contributed by atoms with Crippen molar-refractivity contribution >= 4 is 11.7 Å². The molecule has 98 valence electrons. The Labute approximate surface area is 108 Å². The van der Waals surface area contributed by atoms with E-state index in [1.807, 2.05) is 19.3 Å². The van der Waals surface area contributed by atoms with Crippen LogP contribution in [-0.2, 0) is 11.8 Å². The Morgan fingerprint density at radius 1 is 1.50 bits per heavy atom. The van der Waals surface area contributed by atoms with Crippen LogP contribution in [0.5, 0.6) is 0 Å². The number of nitrogens with one attached hydrogen (secondary N) is 1. The normalized spacial score (nSPS) is 24.5. The second-order valence-corrected chi connectivity index (χ2v) is 5.93. The highest BCUT2D eigenvalue weighted by molar-refractivity contribution is 5.95. The van der Waals surface area contributed by atoms with Gasteiger partial charge in [0.2, 0.25) is 5.91 Å². The maximum absolute atomic E-state index is 12.2. The Bertz CT molecular complexity index is 495. The van der Waals surface area contributed by atoms with E-state index < -0.39 is 0 Å². The molecule has 2 atom stereocenters. The second-order valence-electron chi connectivity index (χ2n) is 5.93. The van der Waals surface area contributed by atoms with Crippen LogP contribution in [0.25, 0.3) is 0 Å². The Morgan fingerprint density at radius 3 is 2.67 bits per heavy atom. The van der Waals surface area contributed by atoms with Crippen LogP contribution in [0.3, 0.4) is 0 Å². The van der Waals surface area contributed by atoms with E-state index in [9.17, 15) is 4.79 Å². The van der Waals surface area contributed by atoms with E-state index in [0.29, 0.717) is 11.7 Å². The number of nitrogens with zero attached hydrogens (tertiary/aromatic N) is 2. The number of allylic oxidation sites excluding steroid dienone is 2. The number of amides is 1. The van der Waals surface area contributed by atoms with E-state index in [2.05, 4.69) is 44.2 Å². The minimum atomic E-state index is 0.0504. The molecule has 4 heteroatoms. The van der Waals surface area contributed by atoms with Crippen molar-refractivity contribution < 1.29 is 4.79 Å². The number of hydrogen-bond donors (Lipinski definition) is 1. The topological polar surface area (TPSA) is 46.9 Å². The van der Waals surface area contributed by atoms with Gasteiger partial charge in [-0.25, -0.2) is 0 Å². The number of aromatic nitrogens is 2. The zero-order chi connectivity index (χ0) is 13.5. The van der Waals surface area contributed by atoms with E-state index in [4.69, 9.17) is 0 Å². The number of rotatable bonds is 3. The molecule has 1 aliphatic carbocycles. The van der Waals surface area contributed by atoms with Gasteiger partial charge in [-0.3, -0.25) is 9.48 Å². The van der Waals surface area contributed by atoms with Crippen molar-refractivity contribution in [2.24, 2.45) is 24.3 Å². The molecule has 1 N–H and O–H groups in total. The number of hydrogen-bond acceptors (Lipinski definition) is 2. The summed E-state index contributed by atoms with van der Waals surface area (Å²) in [6, 6.07) is 1.81. The first-order chi connectivity index (χ1) is 8.32. The smallest absolute Gasteiger partial charge is 0.229 e. The zero-order valence-corrected chi connectivity index (χ0v) is 11.7. The molecule has 0 aliphatic heterocycles. The molecule has 1 aromatic heterocycles. The molecule has 1 fully saturated rings. The fraction of sp³-hybridized carbons (Fsp3) is 0.571. The van der Waals surface area contributed by atoms with Gasteiger partial charge in [0.15, 0.2) is 5.82 Å². The molecule has 2 rings (SSSR count). The molecule has 1 heterocycles. The molecule has 0 unspecified atom stereocenters. The van der Waals surface area contributed by atoms with E-state index in [1.165, 1.54) is 5.57 Å². The van der Waals surface area contributed by atoms with Crippen LogP contribution in [0.15, 0.2) is 23.9 Å². The van der Waals surface area contributed by atoms with Gasteiger partial charge < -0.3 is 5.32 Å². The third kappa shape index (κ3) is 2.33. The van der Waals surface area contributed by atoms with Crippen molar-refractivity contribution in [3.63, 3.8) is 0 Å². The van der Waals surface area contributed by atoms with Crippen LogP contribution >= 0.6 is 0 Å². The molecule has 0 saturated heterocycles. The van der Waals surface area contributed by atoms with Gasteiger partial charge in [0.1, 0.15) is 0 Å². The lowest BCUT2D eigenvalue weighted by Gasteiger charge is -2.02. The quantitative estimate of drug-likeness (QED) is 0.834. The zero-order valence-electron chi connectivity index (χ0n) is 11.7. The molecule has 0 aromatic carbocycles. The average Bonchev–Trinajstić information content (AvgIpc) is 2.56. The summed E-state index contributed by atoms with van der Waals surface area (Å²) >= 11 is 0. The molecule has 1 aliphatic rings. The molecule has 0 spiro atoms. The molecule has 4 nitrogen and oxygen atoms in total. The average molecular weight is 247 g/mol. The summed E-state index contributed by atoms with van der Waals surface area (Å²) in [4.78, 5) is 12.2. The first-order valence-electron chi connectivity index (χ1n) is 6.28. The highest BCUT2D eigenvalue weighted by atomic mass is 16.2. The molecular formula is C14H21N3O. The van der Waals surface area contributed by atoms with Crippen molar-refractivity contribution in [3.05, 3.63) is 23.9 Å². The van der Waals surface area contributed by atoms with E-state index in [-0.39, 0.29) is 17.2 Å². The van der Waals surface area contributed by atoms with Crippen LogP contribution in [0, 0.1) is 17.3 Å². The summed E-state index contributed by atoms with van der Waals surface area (Å²) in [5, 5.41) is 7.05. The minimum absolute atomic E-state index is 0.0504. The Balaban J connectivity index is 2.05. The van der Waals surface area contributed by atoms with Crippen molar-refractivity contribution in [3.8, 4) is 0 Å². The Morgan fingerprint density at radius 2 is 2.17 bits per heavy atom. The fourth-order valence-electron chi connectivity index (χ4n) is 2.53. The first-order valence-corrected chi connectivity index (χ1v) is 6.28. The van der Waals surface area contributed by atoms with Crippen molar-refractivity contribution in [2.45, 2.75) is 27.7 Å². The molecule has 18 heavy (non-hydrogen) atoms. The van der Waals surface area contributed by atoms with Crippen molar-refractivity contribution in [1.29, 1.82) is 0 Å². The Hall–Kier alpha value is -1.58. The van der Waals surface area contributed by atoms with Gasteiger partial charge in [-0.1, -0.05) is 25.5 Å². The molecule has 1 aromatic rings. The monoisotopic (exact) mass is 247 g/mol. The number of carbonyl (C=O) groups excluding carboxylic acids is 1. The van der Waals surface area contributed by atoms with Gasteiger partial charge in [0.25, 0.3) is 0 Å². The third-order valence-corrected chi connectivity index (χ3v) is 3.67. The van der Waals surface area contributed by atoms with Gasteiger partial charge in [0, 0.05) is 19.3 Å². The van der Waals surface area contributed by atoms with Crippen LogP contribution in [0.2, 0.25) is 0 Å². The fourth-order valence-corrected chi connectivity index (χ4v) is 2.53. The lowest BCUT2D eigenvalue weighted by Crippen LogP contribution is -2.17. The summed E-state index contributed by atoms with van der Waals surface area (Å²) < 4.78 is 1.68. The standard InChI is InChI=1S/C14H21N3O/c1-9(2)8-10-12(14(10,3)4)13(18)15-11-6-7-17(5)16-11/h6-8,10,12H,1-5H3,(H,15,16,18)/t10-,12+/m0/s1. The minimum Gasteiger partial charge on any atom is -0.309 e. The second kappa shape index (κ2) is 4.26. The maximum atomic E-state index is 12.2. The molecule has 0 bridgehead atoms. The molecular weight excluding hydrogens is 226 g/mol. The summed E-state index contributed by atoms with van der Waals surface area (Å²) in [6.45, 7) is 8.42. The number of aryl methyl sites for hydroxylation is 1. The van der Waals surface area contributed by atoms with Gasteiger partial charge in [-0.15, -0.1) is 0 Å². The summed E-state index contributed by atoms with van der Waals surface area (Å²) in [6.07, 6.45) is 4.02.